The molecule has 60 valence electrons. The van der Waals surface area contributed by atoms with Crippen LogP contribution in [0, 0.1) is 0 Å². The molecule has 0 radical (unpaired) electrons. The highest BCUT2D eigenvalue weighted by atomic mass is 15.2. The van der Waals surface area contributed by atoms with Crippen molar-refractivity contribution in [1.29, 1.82) is 0 Å². The third-order valence-electron chi connectivity index (χ3n) is 2.28. The van der Waals surface area contributed by atoms with Gasteiger partial charge in [0, 0.05) is 23.9 Å². The van der Waals surface area contributed by atoms with Crippen LogP contribution in [0.5, 0.6) is 0 Å². The minimum atomic E-state index is 0.727. The fourth-order valence-electron chi connectivity index (χ4n) is 1.43. The summed E-state index contributed by atoms with van der Waals surface area (Å²) in [5.41, 5.74) is 2.18. The Labute approximate surface area is 70.0 Å². The number of nitrogens with zero attached hydrogens (tertiary/aromatic N) is 3. The van der Waals surface area contributed by atoms with Gasteiger partial charge in [-0.15, -0.1) is 0 Å². The third-order valence-corrected chi connectivity index (χ3v) is 2.28. The van der Waals surface area contributed by atoms with E-state index in [9.17, 15) is 0 Å². The zero-order valence-electron chi connectivity index (χ0n) is 6.64. The molecule has 0 aliphatic heterocycles. The summed E-state index contributed by atoms with van der Waals surface area (Å²) in [6.07, 6.45) is 6.36. The van der Waals surface area contributed by atoms with Crippen LogP contribution in [0.15, 0.2) is 24.5 Å². The van der Waals surface area contributed by atoms with Gasteiger partial charge in [0.05, 0.1) is 6.20 Å². The first-order valence-electron chi connectivity index (χ1n) is 4.24. The van der Waals surface area contributed by atoms with Crippen molar-refractivity contribution in [3.05, 3.63) is 30.2 Å². The Kier molecular flexibility index (Phi) is 1.06. The van der Waals surface area contributed by atoms with E-state index in [1.54, 1.807) is 10.7 Å². The summed E-state index contributed by atoms with van der Waals surface area (Å²) in [6, 6.07) is 4.00. The van der Waals surface area contributed by atoms with Crippen molar-refractivity contribution in [2.24, 2.45) is 0 Å². The van der Waals surface area contributed by atoms with Crippen LogP contribution in [-0.4, -0.2) is 14.6 Å². The molecule has 2 aromatic rings. The van der Waals surface area contributed by atoms with Crippen LogP contribution in [0.2, 0.25) is 0 Å². The molecule has 0 N–H and O–H groups in total. The van der Waals surface area contributed by atoms with E-state index in [4.69, 9.17) is 0 Å². The molecule has 3 heteroatoms. The summed E-state index contributed by atoms with van der Waals surface area (Å²) in [6.45, 7) is 0. The van der Waals surface area contributed by atoms with E-state index in [0.717, 1.165) is 11.6 Å². The molecule has 0 saturated heterocycles. The summed E-state index contributed by atoms with van der Waals surface area (Å²) < 4.78 is 1.80. The molecular formula is C9H9N3. The van der Waals surface area contributed by atoms with Crippen molar-refractivity contribution in [3.63, 3.8) is 0 Å². The van der Waals surface area contributed by atoms with Gasteiger partial charge in [-0.05, 0) is 18.9 Å². The van der Waals surface area contributed by atoms with Gasteiger partial charge in [0.2, 0.25) is 0 Å². The molecule has 1 fully saturated rings. The van der Waals surface area contributed by atoms with Crippen LogP contribution in [-0.2, 0) is 0 Å². The van der Waals surface area contributed by atoms with Gasteiger partial charge in [-0.2, -0.15) is 5.10 Å². The van der Waals surface area contributed by atoms with Gasteiger partial charge < -0.3 is 0 Å². The lowest BCUT2D eigenvalue weighted by Gasteiger charge is -1.96. The zero-order valence-corrected chi connectivity index (χ0v) is 6.64. The number of aromatic nitrogens is 3. The summed E-state index contributed by atoms with van der Waals surface area (Å²) in [7, 11) is 0. The van der Waals surface area contributed by atoms with Gasteiger partial charge in [-0.1, -0.05) is 0 Å². The summed E-state index contributed by atoms with van der Waals surface area (Å²) in [5, 5.41) is 4.09. The predicted octanol–water partition coefficient (Wildman–Crippen LogP) is 1.61. The Morgan fingerprint density at radius 3 is 3.08 bits per heavy atom. The molecule has 3 rings (SSSR count). The fraction of sp³-hybridized carbons (Fsp3) is 0.333. The van der Waals surface area contributed by atoms with E-state index < -0.39 is 0 Å². The Balaban J connectivity index is 2.21. The topological polar surface area (TPSA) is 30.2 Å². The molecular weight excluding hydrogens is 150 g/mol. The van der Waals surface area contributed by atoms with Crippen molar-refractivity contribution < 1.29 is 0 Å². The highest BCUT2D eigenvalue weighted by Crippen LogP contribution is 2.38. The third kappa shape index (κ3) is 0.826. The predicted molar refractivity (Wildman–Crippen MR) is 45.0 cm³/mol. The van der Waals surface area contributed by atoms with Gasteiger partial charge in [0.1, 0.15) is 0 Å². The second-order valence-corrected chi connectivity index (χ2v) is 3.26. The highest BCUT2D eigenvalue weighted by molar-refractivity contribution is 5.37. The molecule has 0 spiro atoms. The number of hydrogen-bond donors (Lipinski definition) is 0. The average molecular weight is 159 g/mol. The lowest BCUT2D eigenvalue weighted by atomic mass is 10.3. The van der Waals surface area contributed by atoms with Crippen LogP contribution in [0.1, 0.15) is 24.5 Å². The normalized spacial score (nSPS) is 17.0. The summed E-state index contributed by atoms with van der Waals surface area (Å²) >= 11 is 0. The molecule has 1 saturated carbocycles. The van der Waals surface area contributed by atoms with E-state index in [-0.39, 0.29) is 0 Å². The first-order valence-corrected chi connectivity index (χ1v) is 4.24. The number of fused-ring (bicyclic) bond motifs is 1. The Morgan fingerprint density at radius 2 is 2.25 bits per heavy atom. The van der Waals surface area contributed by atoms with E-state index in [2.05, 4.69) is 16.1 Å². The molecule has 0 aromatic carbocycles. The molecule has 2 heterocycles. The van der Waals surface area contributed by atoms with Crippen molar-refractivity contribution in [2.75, 3.05) is 0 Å². The largest absolute Gasteiger partial charge is 0.233 e. The Morgan fingerprint density at radius 1 is 1.33 bits per heavy atom. The Hall–Kier alpha value is -1.38. The minimum Gasteiger partial charge on any atom is -0.233 e. The molecule has 0 unspecified atom stereocenters. The lowest BCUT2D eigenvalue weighted by Crippen LogP contribution is -1.92. The molecule has 0 amide bonds. The fourth-order valence-corrected chi connectivity index (χ4v) is 1.43. The van der Waals surface area contributed by atoms with E-state index in [0.29, 0.717) is 0 Å². The summed E-state index contributed by atoms with van der Waals surface area (Å²) in [5.74, 6) is 0.727. The SMILES string of the molecule is c1cc2nc(C3CC3)ccn2n1. The van der Waals surface area contributed by atoms with Crippen molar-refractivity contribution >= 4 is 5.65 Å². The average Bonchev–Trinajstić information content (AvgIpc) is 2.84. The van der Waals surface area contributed by atoms with Gasteiger partial charge in [0.25, 0.3) is 0 Å². The van der Waals surface area contributed by atoms with Gasteiger partial charge >= 0.3 is 0 Å². The quantitative estimate of drug-likeness (QED) is 0.632. The van der Waals surface area contributed by atoms with E-state index >= 15 is 0 Å². The smallest absolute Gasteiger partial charge is 0.155 e. The number of rotatable bonds is 1. The van der Waals surface area contributed by atoms with E-state index in [1.807, 2.05) is 12.3 Å². The minimum absolute atomic E-state index is 0.727. The second kappa shape index (κ2) is 2.06. The van der Waals surface area contributed by atoms with Gasteiger partial charge in [0.15, 0.2) is 5.65 Å². The second-order valence-electron chi connectivity index (χ2n) is 3.26. The van der Waals surface area contributed by atoms with E-state index in [1.165, 1.54) is 18.5 Å². The first-order chi connectivity index (χ1) is 5.93. The maximum Gasteiger partial charge on any atom is 0.155 e. The van der Waals surface area contributed by atoms with Crippen molar-refractivity contribution in [1.82, 2.24) is 14.6 Å². The standard InChI is InChI=1S/C9H9N3/c1-2-7(1)8-4-6-12-9(11-8)3-5-10-12/h3-7H,1-2H2. The van der Waals surface area contributed by atoms with Crippen LogP contribution in [0.4, 0.5) is 0 Å². The maximum absolute atomic E-state index is 4.50. The molecule has 0 bridgehead atoms. The van der Waals surface area contributed by atoms with Crippen LogP contribution in [0.25, 0.3) is 5.65 Å². The van der Waals surface area contributed by atoms with Crippen LogP contribution >= 0.6 is 0 Å². The maximum atomic E-state index is 4.50. The van der Waals surface area contributed by atoms with Crippen LogP contribution < -0.4 is 0 Å². The van der Waals surface area contributed by atoms with Crippen molar-refractivity contribution in [2.45, 2.75) is 18.8 Å². The molecule has 2 aromatic heterocycles. The monoisotopic (exact) mass is 159 g/mol. The molecule has 0 atom stereocenters. The molecule has 3 nitrogen and oxygen atoms in total. The molecule has 1 aliphatic rings. The number of hydrogen-bond acceptors (Lipinski definition) is 2. The van der Waals surface area contributed by atoms with Crippen molar-refractivity contribution in [3.8, 4) is 0 Å². The van der Waals surface area contributed by atoms with Gasteiger partial charge in [-0.25, -0.2) is 9.50 Å². The molecule has 1 aliphatic carbocycles. The zero-order chi connectivity index (χ0) is 7.97. The summed E-state index contributed by atoms with van der Waals surface area (Å²) in [4.78, 5) is 4.50. The van der Waals surface area contributed by atoms with Gasteiger partial charge in [-0.3, -0.25) is 0 Å². The highest BCUT2D eigenvalue weighted by Gasteiger charge is 2.24. The molecule has 12 heavy (non-hydrogen) atoms. The Bertz CT molecular complexity index is 414. The first kappa shape index (κ1) is 6.17. The van der Waals surface area contributed by atoms with Crippen LogP contribution in [0.3, 0.4) is 0 Å². The lowest BCUT2D eigenvalue weighted by molar-refractivity contribution is 0.908.